The molecule has 1 saturated heterocycles. The SMILES string of the molecule is CNC(=O)c1cccc(F)c1Nc1nc(Nc2ccc3c(c2)NC(=O)[C@@H](C2CCCN2C(N)=O)CC3(C)C)ncc1Cl. The number of nitrogens with one attached hydrogen (secondary N) is 4. The van der Waals surface area contributed by atoms with E-state index in [-0.39, 0.29) is 45.4 Å². The fraction of sp³-hybridized carbons (Fsp3) is 0.345. The summed E-state index contributed by atoms with van der Waals surface area (Å²) in [5, 5.41) is 11.6. The lowest BCUT2D eigenvalue weighted by atomic mass is 9.75. The third kappa shape index (κ3) is 5.67. The molecule has 3 heterocycles. The number of fused-ring (bicyclic) bond motifs is 1. The Bertz CT molecular complexity index is 1570. The van der Waals surface area contributed by atoms with Crippen molar-refractivity contribution in [2.24, 2.45) is 11.7 Å². The number of primary amides is 1. The number of nitrogens with zero attached hydrogens (tertiary/aromatic N) is 3. The van der Waals surface area contributed by atoms with Crippen LogP contribution in [0.2, 0.25) is 5.02 Å². The number of hydrogen-bond donors (Lipinski definition) is 5. The predicted molar refractivity (Wildman–Crippen MR) is 159 cm³/mol. The van der Waals surface area contributed by atoms with Crippen molar-refractivity contribution >= 4 is 58.3 Å². The summed E-state index contributed by atoms with van der Waals surface area (Å²) in [6, 6.07) is 8.96. The molecule has 2 aliphatic rings. The van der Waals surface area contributed by atoms with Crippen LogP contribution in [0.1, 0.15) is 49.0 Å². The second-order valence-electron chi connectivity index (χ2n) is 11.1. The number of carbonyl (C=O) groups is 3. The first kappa shape index (κ1) is 29.1. The molecule has 0 aliphatic carbocycles. The number of para-hydroxylation sites is 1. The summed E-state index contributed by atoms with van der Waals surface area (Å²) in [6.07, 6.45) is 3.43. The maximum Gasteiger partial charge on any atom is 0.315 e. The highest BCUT2D eigenvalue weighted by molar-refractivity contribution is 6.33. The second-order valence-corrected chi connectivity index (χ2v) is 11.5. The summed E-state index contributed by atoms with van der Waals surface area (Å²) >= 11 is 6.31. The first-order valence-corrected chi connectivity index (χ1v) is 13.9. The highest BCUT2D eigenvalue weighted by Gasteiger charge is 2.43. The molecule has 2 atom stereocenters. The number of urea groups is 1. The number of anilines is 5. The van der Waals surface area contributed by atoms with Gasteiger partial charge in [0.15, 0.2) is 5.82 Å². The van der Waals surface area contributed by atoms with E-state index in [1.807, 2.05) is 12.1 Å². The van der Waals surface area contributed by atoms with Gasteiger partial charge in [0.1, 0.15) is 10.8 Å². The molecule has 2 aliphatic heterocycles. The van der Waals surface area contributed by atoms with Crippen LogP contribution >= 0.6 is 11.6 Å². The number of amides is 4. The summed E-state index contributed by atoms with van der Waals surface area (Å²) in [5.74, 6) is -1.47. The van der Waals surface area contributed by atoms with Crippen LogP contribution in [0.15, 0.2) is 42.6 Å². The monoisotopic (exact) mass is 594 g/mol. The van der Waals surface area contributed by atoms with Crippen LogP contribution in [0.4, 0.5) is 38.0 Å². The molecule has 0 radical (unpaired) electrons. The molecule has 0 bridgehead atoms. The molecule has 220 valence electrons. The molecule has 2 aromatic carbocycles. The number of carbonyl (C=O) groups excluding carboxylic acids is 3. The van der Waals surface area contributed by atoms with Gasteiger partial charge in [0.05, 0.1) is 23.4 Å². The highest BCUT2D eigenvalue weighted by atomic mass is 35.5. The lowest BCUT2D eigenvalue weighted by molar-refractivity contribution is -0.121. The smallest absolute Gasteiger partial charge is 0.315 e. The fourth-order valence-electron chi connectivity index (χ4n) is 5.83. The topological polar surface area (TPSA) is 154 Å². The number of hydrogen-bond acceptors (Lipinski definition) is 7. The zero-order valence-corrected chi connectivity index (χ0v) is 24.2. The molecule has 1 aromatic heterocycles. The predicted octanol–water partition coefficient (Wildman–Crippen LogP) is 4.90. The van der Waals surface area contributed by atoms with Gasteiger partial charge in [-0.2, -0.15) is 4.98 Å². The van der Waals surface area contributed by atoms with E-state index in [0.29, 0.717) is 24.3 Å². The van der Waals surface area contributed by atoms with Gasteiger partial charge in [-0.05, 0) is 54.5 Å². The van der Waals surface area contributed by atoms with Crippen LogP contribution in [-0.4, -0.2) is 52.3 Å². The van der Waals surface area contributed by atoms with Gasteiger partial charge in [-0.25, -0.2) is 14.2 Å². The Hall–Kier alpha value is -4.45. The molecular weight excluding hydrogens is 563 g/mol. The Labute approximate surface area is 247 Å². The minimum atomic E-state index is -0.653. The van der Waals surface area contributed by atoms with Crippen molar-refractivity contribution < 1.29 is 18.8 Å². The first-order chi connectivity index (χ1) is 20.0. The van der Waals surface area contributed by atoms with E-state index in [4.69, 9.17) is 17.3 Å². The van der Waals surface area contributed by atoms with Gasteiger partial charge in [0.2, 0.25) is 11.9 Å². The molecule has 11 nitrogen and oxygen atoms in total. The van der Waals surface area contributed by atoms with Crippen molar-refractivity contribution in [2.75, 3.05) is 29.5 Å². The molecule has 0 saturated carbocycles. The van der Waals surface area contributed by atoms with Crippen molar-refractivity contribution in [2.45, 2.75) is 44.6 Å². The van der Waals surface area contributed by atoms with Gasteiger partial charge in [-0.3, -0.25) is 9.59 Å². The van der Waals surface area contributed by atoms with E-state index in [1.165, 1.54) is 31.4 Å². The van der Waals surface area contributed by atoms with E-state index in [9.17, 15) is 18.8 Å². The number of nitrogens with two attached hydrogens (primary N) is 1. The number of benzene rings is 2. The Morgan fingerprint density at radius 3 is 2.74 bits per heavy atom. The largest absolute Gasteiger partial charge is 0.355 e. The average Bonchev–Trinajstić information content (AvgIpc) is 3.41. The van der Waals surface area contributed by atoms with E-state index in [1.54, 1.807) is 11.0 Å². The summed E-state index contributed by atoms with van der Waals surface area (Å²) in [6.45, 7) is 4.70. The molecule has 1 fully saturated rings. The van der Waals surface area contributed by atoms with Crippen molar-refractivity contribution in [3.05, 3.63) is 64.6 Å². The molecule has 0 spiro atoms. The Kier molecular flexibility index (Phi) is 7.91. The maximum atomic E-state index is 14.7. The van der Waals surface area contributed by atoms with Crippen molar-refractivity contribution in [3.63, 3.8) is 0 Å². The summed E-state index contributed by atoms with van der Waals surface area (Å²) < 4.78 is 14.7. The summed E-state index contributed by atoms with van der Waals surface area (Å²) in [4.78, 5) is 48.0. The zero-order valence-electron chi connectivity index (χ0n) is 23.4. The quantitative estimate of drug-likeness (QED) is 0.272. The summed E-state index contributed by atoms with van der Waals surface area (Å²) in [7, 11) is 1.45. The molecule has 5 rings (SSSR count). The Morgan fingerprint density at radius 2 is 2.00 bits per heavy atom. The Balaban J connectivity index is 1.40. The van der Waals surface area contributed by atoms with Crippen LogP contribution in [0.3, 0.4) is 0 Å². The van der Waals surface area contributed by atoms with Crippen LogP contribution in [0.25, 0.3) is 0 Å². The zero-order chi connectivity index (χ0) is 30.2. The van der Waals surface area contributed by atoms with Crippen molar-refractivity contribution in [1.82, 2.24) is 20.2 Å². The highest BCUT2D eigenvalue weighted by Crippen LogP contribution is 2.43. The van der Waals surface area contributed by atoms with Gasteiger partial charge >= 0.3 is 6.03 Å². The maximum absolute atomic E-state index is 14.7. The third-order valence-electron chi connectivity index (χ3n) is 7.85. The molecule has 6 N–H and O–H groups in total. The van der Waals surface area contributed by atoms with E-state index < -0.39 is 23.7 Å². The van der Waals surface area contributed by atoms with Crippen molar-refractivity contribution in [1.29, 1.82) is 0 Å². The van der Waals surface area contributed by atoms with Crippen LogP contribution in [0.5, 0.6) is 0 Å². The van der Waals surface area contributed by atoms with E-state index in [0.717, 1.165) is 18.4 Å². The molecular formula is C29H32ClFN8O3. The van der Waals surface area contributed by atoms with Crippen molar-refractivity contribution in [3.8, 4) is 0 Å². The van der Waals surface area contributed by atoms with Crippen LogP contribution < -0.4 is 27.0 Å². The average molecular weight is 595 g/mol. The fourth-order valence-corrected chi connectivity index (χ4v) is 5.96. The normalized spacial score (nSPS) is 19.4. The first-order valence-electron chi connectivity index (χ1n) is 13.6. The van der Waals surface area contributed by atoms with Crippen LogP contribution in [0, 0.1) is 11.7 Å². The lowest BCUT2D eigenvalue weighted by Crippen LogP contribution is -2.47. The van der Waals surface area contributed by atoms with Gasteiger partial charge in [-0.1, -0.05) is 37.6 Å². The number of halogens is 2. The molecule has 4 amide bonds. The van der Waals surface area contributed by atoms with E-state index >= 15 is 0 Å². The molecule has 1 unspecified atom stereocenters. The Morgan fingerprint density at radius 1 is 1.21 bits per heavy atom. The van der Waals surface area contributed by atoms with Gasteiger partial charge < -0.3 is 31.9 Å². The molecule has 13 heteroatoms. The number of aromatic nitrogens is 2. The minimum Gasteiger partial charge on any atom is -0.355 e. The van der Waals surface area contributed by atoms with E-state index in [2.05, 4.69) is 45.1 Å². The second kappa shape index (κ2) is 11.4. The third-order valence-corrected chi connectivity index (χ3v) is 8.13. The number of likely N-dealkylation sites (tertiary alicyclic amines) is 1. The van der Waals surface area contributed by atoms with Crippen LogP contribution in [-0.2, 0) is 10.2 Å². The van der Waals surface area contributed by atoms with Gasteiger partial charge in [0.25, 0.3) is 5.91 Å². The lowest BCUT2D eigenvalue weighted by Gasteiger charge is -2.33. The van der Waals surface area contributed by atoms with Gasteiger partial charge in [-0.15, -0.1) is 0 Å². The van der Waals surface area contributed by atoms with Gasteiger partial charge in [0, 0.05) is 31.0 Å². The molecule has 42 heavy (non-hydrogen) atoms. The molecule has 3 aromatic rings. The number of rotatable bonds is 6. The standard InChI is InChI=1S/C29H32ClFN8O3/c1-29(2)13-17(22-8-5-11-39(22)27(32)42)26(41)36-21-12-15(9-10-18(21)29)35-28-34-14-19(30)24(38-28)37-23-16(25(40)33-3)6-4-7-20(23)31/h4,6-7,9-10,12,14,17,22H,5,8,11,13H2,1-3H3,(H2,32,42)(H,33,40)(H,36,41)(H2,34,35,37,38)/t17-,22?/m1/s1. The summed E-state index contributed by atoms with van der Waals surface area (Å²) in [5.41, 5.74) is 7.41. The minimum absolute atomic E-state index is 0.0786.